The Kier molecular flexibility index (Phi) is 6.14. The van der Waals surface area contributed by atoms with Crippen molar-refractivity contribution < 1.29 is 18.4 Å². The van der Waals surface area contributed by atoms with Crippen LogP contribution in [0.3, 0.4) is 0 Å². The number of carbonyl (C=O) groups excluding carboxylic acids is 1. The first-order chi connectivity index (χ1) is 13.2. The Labute approximate surface area is 156 Å². The molecule has 1 heterocycles. The number of aromatic nitrogens is 2. The summed E-state index contributed by atoms with van der Waals surface area (Å²) in [5, 5.41) is 6.70. The van der Waals surface area contributed by atoms with Gasteiger partial charge in [0.2, 0.25) is 17.6 Å². The second kappa shape index (κ2) is 8.93. The molecule has 27 heavy (non-hydrogen) atoms. The fraction of sp³-hybridized carbons (Fsp3) is 0.250. The number of nitrogens with one attached hydrogen (secondary N) is 1. The zero-order chi connectivity index (χ0) is 19.1. The van der Waals surface area contributed by atoms with Crippen molar-refractivity contribution in [2.45, 2.75) is 26.2 Å². The van der Waals surface area contributed by atoms with Gasteiger partial charge in [-0.05, 0) is 42.8 Å². The summed E-state index contributed by atoms with van der Waals surface area (Å²) in [6.07, 6.45) is 1.38. The van der Waals surface area contributed by atoms with Crippen LogP contribution in [-0.2, 0) is 11.2 Å². The predicted molar refractivity (Wildman–Crippen MR) is 98.9 cm³/mol. The molecule has 0 bridgehead atoms. The standard InChI is InChI=1S/C20H20FN3O3/c1-2-13-26-17-6-4-3-5-16(17)22-18(25)11-12-19-23-20(24-27-19)14-7-9-15(21)10-8-14/h3-10H,2,11-13H2,1H3,(H,22,25). The molecule has 0 spiro atoms. The number of hydrogen-bond donors (Lipinski definition) is 1. The summed E-state index contributed by atoms with van der Waals surface area (Å²) >= 11 is 0. The number of rotatable bonds is 8. The highest BCUT2D eigenvalue weighted by molar-refractivity contribution is 5.92. The van der Waals surface area contributed by atoms with E-state index in [-0.39, 0.29) is 18.1 Å². The molecule has 6 nitrogen and oxygen atoms in total. The van der Waals surface area contributed by atoms with Crippen LogP contribution in [0, 0.1) is 5.82 Å². The molecule has 3 aromatic rings. The van der Waals surface area contributed by atoms with E-state index in [0.717, 1.165) is 6.42 Å². The molecule has 0 radical (unpaired) electrons. The molecule has 1 aromatic heterocycles. The fourth-order valence-corrected chi connectivity index (χ4v) is 2.41. The first-order valence-electron chi connectivity index (χ1n) is 8.76. The van der Waals surface area contributed by atoms with Crippen LogP contribution >= 0.6 is 0 Å². The number of para-hydroxylation sites is 2. The molecule has 0 fully saturated rings. The average Bonchev–Trinajstić information content (AvgIpc) is 3.15. The van der Waals surface area contributed by atoms with Crippen LogP contribution in [0.1, 0.15) is 25.7 Å². The van der Waals surface area contributed by atoms with Gasteiger partial charge in [-0.2, -0.15) is 4.98 Å². The Morgan fingerprint density at radius 2 is 1.96 bits per heavy atom. The molecule has 1 amide bonds. The monoisotopic (exact) mass is 369 g/mol. The lowest BCUT2D eigenvalue weighted by molar-refractivity contribution is -0.116. The SMILES string of the molecule is CCCOc1ccccc1NC(=O)CCc1nc(-c2ccc(F)cc2)no1. The van der Waals surface area contributed by atoms with Crippen molar-refractivity contribution in [3.8, 4) is 17.1 Å². The lowest BCUT2D eigenvalue weighted by Gasteiger charge is -2.11. The summed E-state index contributed by atoms with van der Waals surface area (Å²) in [6, 6.07) is 13.1. The molecule has 0 atom stereocenters. The lowest BCUT2D eigenvalue weighted by atomic mass is 10.2. The number of amides is 1. The lowest BCUT2D eigenvalue weighted by Crippen LogP contribution is -2.13. The largest absolute Gasteiger partial charge is 0.491 e. The summed E-state index contributed by atoms with van der Waals surface area (Å²) in [5.41, 5.74) is 1.28. The Bertz CT molecular complexity index is 893. The Balaban J connectivity index is 1.56. The summed E-state index contributed by atoms with van der Waals surface area (Å²) in [7, 11) is 0. The zero-order valence-electron chi connectivity index (χ0n) is 14.9. The highest BCUT2D eigenvalue weighted by Gasteiger charge is 2.12. The molecule has 2 aromatic carbocycles. The molecule has 0 unspecified atom stereocenters. The van der Waals surface area contributed by atoms with Crippen molar-refractivity contribution in [3.05, 3.63) is 60.2 Å². The van der Waals surface area contributed by atoms with E-state index in [9.17, 15) is 9.18 Å². The van der Waals surface area contributed by atoms with Crippen molar-refractivity contribution in [2.24, 2.45) is 0 Å². The van der Waals surface area contributed by atoms with Gasteiger partial charge in [-0.3, -0.25) is 4.79 Å². The fourth-order valence-electron chi connectivity index (χ4n) is 2.41. The van der Waals surface area contributed by atoms with Crippen molar-refractivity contribution in [3.63, 3.8) is 0 Å². The summed E-state index contributed by atoms with van der Waals surface area (Å²) in [5.74, 6) is 0.846. The minimum atomic E-state index is -0.331. The average molecular weight is 369 g/mol. The minimum absolute atomic E-state index is 0.177. The van der Waals surface area contributed by atoms with Crippen LogP contribution in [0.4, 0.5) is 10.1 Å². The number of ether oxygens (including phenoxy) is 1. The number of hydrogen-bond acceptors (Lipinski definition) is 5. The molecule has 1 N–H and O–H groups in total. The van der Waals surface area contributed by atoms with Crippen molar-refractivity contribution in [1.29, 1.82) is 0 Å². The smallest absolute Gasteiger partial charge is 0.227 e. The van der Waals surface area contributed by atoms with Gasteiger partial charge in [-0.1, -0.05) is 24.2 Å². The van der Waals surface area contributed by atoms with Gasteiger partial charge in [-0.15, -0.1) is 0 Å². The first kappa shape index (κ1) is 18.6. The summed E-state index contributed by atoms with van der Waals surface area (Å²) in [6.45, 7) is 2.60. The third-order valence-corrected chi connectivity index (χ3v) is 3.76. The van der Waals surface area contributed by atoms with E-state index in [0.29, 0.717) is 41.7 Å². The van der Waals surface area contributed by atoms with Crippen LogP contribution in [0.2, 0.25) is 0 Å². The number of anilines is 1. The highest BCUT2D eigenvalue weighted by atomic mass is 19.1. The summed E-state index contributed by atoms with van der Waals surface area (Å²) < 4.78 is 23.8. The van der Waals surface area contributed by atoms with Gasteiger partial charge in [-0.25, -0.2) is 4.39 Å². The molecule has 0 aliphatic heterocycles. The van der Waals surface area contributed by atoms with Crippen LogP contribution in [0.15, 0.2) is 53.1 Å². The number of benzene rings is 2. The zero-order valence-corrected chi connectivity index (χ0v) is 14.9. The van der Waals surface area contributed by atoms with Gasteiger partial charge in [0, 0.05) is 18.4 Å². The minimum Gasteiger partial charge on any atom is -0.491 e. The number of carbonyl (C=O) groups is 1. The van der Waals surface area contributed by atoms with E-state index in [1.807, 2.05) is 25.1 Å². The first-order valence-corrected chi connectivity index (χ1v) is 8.76. The van der Waals surface area contributed by atoms with Gasteiger partial charge < -0.3 is 14.6 Å². The van der Waals surface area contributed by atoms with E-state index in [4.69, 9.17) is 9.26 Å². The van der Waals surface area contributed by atoms with Gasteiger partial charge in [0.25, 0.3) is 0 Å². The normalized spacial score (nSPS) is 10.6. The Morgan fingerprint density at radius 1 is 1.19 bits per heavy atom. The molecule has 0 aliphatic carbocycles. The van der Waals surface area contributed by atoms with Crippen LogP contribution in [0.25, 0.3) is 11.4 Å². The molecule has 0 saturated carbocycles. The number of nitrogens with zero attached hydrogens (tertiary/aromatic N) is 2. The van der Waals surface area contributed by atoms with E-state index >= 15 is 0 Å². The number of halogens is 1. The molecule has 0 aliphatic rings. The van der Waals surface area contributed by atoms with Crippen molar-refractivity contribution >= 4 is 11.6 Å². The van der Waals surface area contributed by atoms with Gasteiger partial charge in [0.15, 0.2) is 0 Å². The molecular weight excluding hydrogens is 349 g/mol. The molecular formula is C20H20FN3O3. The van der Waals surface area contributed by atoms with E-state index in [1.165, 1.54) is 12.1 Å². The second-order valence-electron chi connectivity index (χ2n) is 5.91. The van der Waals surface area contributed by atoms with Crippen LogP contribution in [-0.4, -0.2) is 22.7 Å². The third-order valence-electron chi connectivity index (χ3n) is 3.76. The Hall–Kier alpha value is -3.22. The molecule has 0 saturated heterocycles. The predicted octanol–water partition coefficient (Wildman–Crippen LogP) is 4.24. The van der Waals surface area contributed by atoms with Crippen LogP contribution in [0.5, 0.6) is 5.75 Å². The number of aryl methyl sites for hydroxylation is 1. The quantitative estimate of drug-likeness (QED) is 0.643. The highest BCUT2D eigenvalue weighted by Crippen LogP contribution is 2.24. The molecule has 7 heteroatoms. The van der Waals surface area contributed by atoms with Crippen LogP contribution < -0.4 is 10.1 Å². The van der Waals surface area contributed by atoms with E-state index in [2.05, 4.69) is 15.5 Å². The molecule has 3 rings (SSSR count). The molecule has 140 valence electrons. The maximum atomic E-state index is 13.0. The Morgan fingerprint density at radius 3 is 2.74 bits per heavy atom. The van der Waals surface area contributed by atoms with Crippen molar-refractivity contribution in [2.75, 3.05) is 11.9 Å². The van der Waals surface area contributed by atoms with Gasteiger partial charge in [0.05, 0.1) is 12.3 Å². The maximum Gasteiger partial charge on any atom is 0.227 e. The van der Waals surface area contributed by atoms with Crippen molar-refractivity contribution in [1.82, 2.24) is 10.1 Å². The van der Waals surface area contributed by atoms with E-state index in [1.54, 1.807) is 18.2 Å². The van der Waals surface area contributed by atoms with E-state index < -0.39 is 0 Å². The summed E-state index contributed by atoms with van der Waals surface area (Å²) in [4.78, 5) is 16.5. The van der Waals surface area contributed by atoms with Gasteiger partial charge >= 0.3 is 0 Å². The third kappa shape index (κ3) is 5.13. The van der Waals surface area contributed by atoms with Gasteiger partial charge in [0.1, 0.15) is 11.6 Å². The second-order valence-corrected chi connectivity index (χ2v) is 5.91. The topological polar surface area (TPSA) is 77.2 Å². The maximum absolute atomic E-state index is 13.0.